The van der Waals surface area contributed by atoms with Gasteiger partial charge in [-0.2, -0.15) is 0 Å². The van der Waals surface area contributed by atoms with Crippen molar-refractivity contribution in [2.24, 2.45) is 0 Å². The summed E-state index contributed by atoms with van der Waals surface area (Å²) in [6.45, 7) is 0. The smallest absolute Gasteiger partial charge is 0.305 e. The first kappa shape index (κ1) is 15.7. The Bertz CT molecular complexity index is 932. The van der Waals surface area contributed by atoms with Crippen molar-refractivity contribution in [2.45, 2.75) is 12.5 Å². The Kier molecular flexibility index (Phi) is 4.29. The average Bonchev–Trinajstić information content (AvgIpc) is 2.61. The number of aromatic nitrogens is 2. The van der Waals surface area contributed by atoms with Gasteiger partial charge >= 0.3 is 5.97 Å². The molecule has 0 saturated carbocycles. The van der Waals surface area contributed by atoms with E-state index < -0.39 is 12.0 Å². The van der Waals surface area contributed by atoms with Crippen molar-refractivity contribution in [2.75, 3.05) is 7.11 Å². The minimum absolute atomic E-state index is 0.216. The second kappa shape index (κ2) is 6.54. The summed E-state index contributed by atoms with van der Waals surface area (Å²) < 4.78 is 6.49. The molecule has 6 heteroatoms. The van der Waals surface area contributed by atoms with Crippen LogP contribution in [0.15, 0.2) is 59.7 Å². The highest BCUT2D eigenvalue weighted by Crippen LogP contribution is 2.23. The van der Waals surface area contributed by atoms with Crippen molar-refractivity contribution in [1.29, 1.82) is 0 Å². The number of hydrogen-bond acceptors (Lipinski definition) is 4. The number of nitrogens with zero attached hydrogens (tertiary/aromatic N) is 2. The van der Waals surface area contributed by atoms with Crippen molar-refractivity contribution >= 4 is 16.9 Å². The monoisotopic (exact) mass is 324 g/mol. The van der Waals surface area contributed by atoms with Crippen molar-refractivity contribution in [3.05, 3.63) is 70.8 Å². The third kappa shape index (κ3) is 2.99. The van der Waals surface area contributed by atoms with E-state index in [0.717, 1.165) is 0 Å². The maximum Gasteiger partial charge on any atom is 0.305 e. The highest BCUT2D eigenvalue weighted by Gasteiger charge is 2.20. The molecule has 3 rings (SSSR count). The van der Waals surface area contributed by atoms with E-state index >= 15 is 0 Å². The minimum atomic E-state index is -0.990. The van der Waals surface area contributed by atoms with Crippen molar-refractivity contribution in [3.8, 4) is 5.75 Å². The van der Waals surface area contributed by atoms with E-state index in [0.29, 0.717) is 22.2 Å². The number of para-hydroxylation sites is 1. The molecule has 1 aromatic heterocycles. The number of aliphatic carboxylic acids is 1. The van der Waals surface area contributed by atoms with Gasteiger partial charge in [0.2, 0.25) is 0 Å². The molecule has 0 radical (unpaired) electrons. The van der Waals surface area contributed by atoms with Crippen LogP contribution < -0.4 is 10.3 Å². The first-order chi connectivity index (χ1) is 11.6. The van der Waals surface area contributed by atoms with Crippen molar-refractivity contribution in [3.63, 3.8) is 0 Å². The molecule has 0 amide bonds. The van der Waals surface area contributed by atoms with E-state index in [1.54, 1.807) is 55.6 Å². The molecule has 3 aromatic rings. The van der Waals surface area contributed by atoms with Crippen molar-refractivity contribution < 1.29 is 14.6 Å². The van der Waals surface area contributed by atoms with Crippen LogP contribution in [-0.4, -0.2) is 27.7 Å². The van der Waals surface area contributed by atoms with Gasteiger partial charge in [-0.3, -0.25) is 14.2 Å². The Labute approximate surface area is 138 Å². The van der Waals surface area contributed by atoms with Crippen LogP contribution in [0.3, 0.4) is 0 Å². The highest BCUT2D eigenvalue weighted by atomic mass is 16.5. The molecule has 1 atom stereocenters. The fourth-order valence-electron chi connectivity index (χ4n) is 2.67. The van der Waals surface area contributed by atoms with Gasteiger partial charge < -0.3 is 9.84 Å². The average molecular weight is 324 g/mol. The van der Waals surface area contributed by atoms with Crippen LogP contribution in [0, 0.1) is 0 Å². The number of methoxy groups -OCH3 is 1. The summed E-state index contributed by atoms with van der Waals surface area (Å²) in [5, 5.41) is 9.71. The van der Waals surface area contributed by atoms with E-state index in [1.807, 2.05) is 0 Å². The van der Waals surface area contributed by atoms with Crippen LogP contribution in [0.25, 0.3) is 10.9 Å². The quantitative estimate of drug-likeness (QED) is 0.779. The largest absolute Gasteiger partial charge is 0.497 e. The van der Waals surface area contributed by atoms with Crippen LogP contribution >= 0.6 is 0 Å². The molecule has 1 N–H and O–H groups in total. The molecule has 0 unspecified atom stereocenters. The maximum atomic E-state index is 12.8. The van der Waals surface area contributed by atoms with Gasteiger partial charge in [0.05, 0.1) is 36.8 Å². The summed E-state index contributed by atoms with van der Waals surface area (Å²) >= 11 is 0. The maximum absolute atomic E-state index is 12.8. The highest BCUT2D eigenvalue weighted by molar-refractivity contribution is 5.77. The fourth-order valence-corrected chi connectivity index (χ4v) is 2.67. The summed E-state index contributed by atoms with van der Waals surface area (Å²) in [5.74, 6) is -0.326. The lowest BCUT2D eigenvalue weighted by atomic mass is 10.0. The summed E-state index contributed by atoms with van der Waals surface area (Å²) in [5.41, 5.74) is 1.03. The Morgan fingerprint density at radius 3 is 2.58 bits per heavy atom. The van der Waals surface area contributed by atoms with Crippen LogP contribution in [0.5, 0.6) is 5.75 Å². The zero-order valence-electron chi connectivity index (χ0n) is 13.0. The van der Waals surface area contributed by atoms with Crippen LogP contribution in [0.4, 0.5) is 0 Å². The van der Waals surface area contributed by atoms with E-state index in [2.05, 4.69) is 4.98 Å². The molecule has 0 aliphatic carbocycles. The van der Waals surface area contributed by atoms with Gasteiger partial charge in [0, 0.05) is 0 Å². The molecule has 0 fully saturated rings. The van der Waals surface area contributed by atoms with Gasteiger partial charge in [-0.15, -0.1) is 0 Å². The minimum Gasteiger partial charge on any atom is -0.497 e. The van der Waals surface area contributed by atoms with Crippen LogP contribution in [-0.2, 0) is 4.79 Å². The Hall–Kier alpha value is -3.15. The van der Waals surface area contributed by atoms with Gasteiger partial charge in [-0.05, 0) is 29.8 Å². The number of carbonyl (C=O) groups is 1. The van der Waals surface area contributed by atoms with Gasteiger partial charge in [0.1, 0.15) is 5.75 Å². The molecule has 0 bridgehead atoms. The summed E-state index contributed by atoms with van der Waals surface area (Å²) in [4.78, 5) is 28.3. The Morgan fingerprint density at radius 2 is 1.92 bits per heavy atom. The van der Waals surface area contributed by atoms with E-state index in [9.17, 15) is 14.7 Å². The third-order valence-electron chi connectivity index (χ3n) is 3.89. The SMILES string of the molecule is COc1ccc([C@H](CC(=O)O)n2cnc3ccccc3c2=O)cc1. The molecule has 0 aliphatic rings. The second-order valence-electron chi connectivity index (χ2n) is 5.36. The molecule has 0 aliphatic heterocycles. The number of rotatable bonds is 5. The Balaban J connectivity index is 2.13. The summed E-state index contributed by atoms with van der Waals surface area (Å²) in [7, 11) is 1.56. The van der Waals surface area contributed by atoms with Gasteiger partial charge in [-0.25, -0.2) is 4.98 Å². The van der Waals surface area contributed by atoms with Gasteiger partial charge in [-0.1, -0.05) is 24.3 Å². The number of carboxylic acid groups (broad SMARTS) is 1. The molecule has 0 saturated heterocycles. The lowest BCUT2D eigenvalue weighted by molar-refractivity contribution is -0.137. The van der Waals surface area contributed by atoms with E-state index in [4.69, 9.17) is 4.74 Å². The Morgan fingerprint density at radius 1 is 1.21 bits per heavy atom. The second-order valence-corrected chi connectivity index (χ2v) is 5.36. The number of hydrogen-bond donors (Lipinski definition) is 1. The zero-order chi connectivity index (χ0) is 17.1. The molecule has 6 nitrogen and oxygen atoms in total. The number of carboxylic acids is 1. The summed E-state index contributed by atoms with van der Waals surface area (Å²) in [6.07, 6.45) is 1.19. The van der Waals surface area contributed by atoms with E-state index in [1.165, 1.54) is 10.9 Å². The third-order valence-corrected chi connectivity index (χ3v) is 3.89. The first-order valence-electron chi connectivity index (χ1n) is 7.42. The molecular formula is C18H16N2O4. The molecule has 24 heavy (non-hydrogen) atoms. The van der Waals surface area contributed by atoms with Crippen LogP contribution in [0.2, 0.25) is 0 Å². The van der Waals surface area contributed by atoms with Crippen LogP contribution in [0.1, 0.15) is 18.0 Å². The lowest BCUT2D eigenvalue weighted by Crippen LogP contribution is -2.27. The number of benzene rings is 2. The molecule has 2 aromatic carbocycles. The predicted molar refractivity (Wildman–Crippen MR) is 89.4 cm³/mol. The lowest BCUT2D eigenvalue weighted by Gasteiger charge is -2.19. The number of fused-ring (bicyclic) bond motifs is 1. The fraction of sp³-hybridized carbons (Fsp3) is 0.167. The molecule has 1 heterocycles. The first-order valence-corrected chi connectivity index (χ1v) is 7.42. The van der Waals surface area contributed by atoms with Gasteiger partial charge in [0.15, 0.2) is 0 Å². The van der Waals surface area contributed by atoms with Gasteiger partial charge in [0.25, 0.3) is 5.56 Å². The number of ether oxygens (including phenoxy) is 1. The topological polar surface area (TPSA) is 81.4 Å². The summed E-state index contributed by atoms with van der Waals surface area (Å²) in [6, 6.07) is 13.4. The van der Waals surface area contributed by atoms with Crippen molar-refractivity contribution in [1.82, 2.24) is 9.55 Å². The zero-order valence-corrected chi connectivity index (χ0v) is 13.0. The molecule has 0 spiro atoms. The standard InChI is InChI=1S/C18H16N2O4/c1-24-13-8-6-12(7-9-13)16(10-17(21)22)20-11-19-15-5-3-2-4-14(15)18(20)23/h2-9,11,16H,10H2,1H3,(H,21,22)/t16-/m0/s1. The van der Waals surface area contributed by atoms with E-state index in [-0.39, 0.29) is 12.0 Å². The molecular weight excluding hydrogens is 308 g/mol. The normalized spacial score (nSPS) is 12.0. The molecule has 122 valence electrons. The predicted octanol–water partition coefficient (Wildman–Crippen LogP) is 2.47.